The third-order valence-electron chi connectivity index (χ3n) is 4.86. The van der Waals surface area contributed by atoms with Gasteiger partial charge in [-0.15, -0.1) is 0 Å². The predicted octanol–water partition coefficient (Wildman–Crippen LogP) is 2.26. The topological polar surface area (TPSA) is 124 Å². The Kier molecular flexibility index (Phi) is 7.79. The molecule has 34 heavy (non-hydrogen) atoms. The Balaban J connectivity index is 1.94. The summed E-state index contributed by atoms with van der Waals surface area (Å²) in [6, 6.07) is 13.5. The van der Waals surface area contributed by atoms with Crippen molar-refractivity contribution < 1.29 is 19.4 Å². The van der Waals surface area contributed by atoms with Crippen LogP contribution in [-0.2, 0) is 18.9 Å². The molecule has 0 aliphatic heterocycles. The zero-order valence-electron chi connectivity index (χ0n) is 19.1. The molecular formula is C23H24N4O6S. The molecule has 0 radical (unpaired) electrons. The first kappa shape index (κ1) is 24.6. The van der Waals surface area contributed by atoms with E-state index >= 15 is 0 Å². The predicted molar refractivity (Wildman–Crippen MR) is 132 cm³/mol. The van der Waals surface area contributed by atoms with Gasteiger partial charge in [-0.1, -0.05) is 11.8 Å². The van der Waals surface area contributed by atoms with Gasteiger partial charge in [0.05, 0.1) is 25.7 Å². The number of methoxy groups -OCH3 is 2. The maximum atomic E-state index is 12.9. The molecule has 0 unspecified atom stereocenters. The number of anilines is 1. The van der Waals surface area contributed by atoms with E-state index in [0.717, 1.165) is 20.9 Å². The number of rotatable bonds is 7. The van der Waals surface area contributed by atoms with E-state index in [1.165, 1.54) is 21.2 Å². The lowest BCUT2D eigenvalue weighted by Gasteiger charge is -2.13. The first-order valence-corrected chi connectivity index (χ1v) is 11.0. The van der Waals surface area contributed by atoms with Gasteiger partial charge in [-0.2, -0.15) is 0 Å². The molecule has 0 aliphatic carbocycles. The fourth-order valence-electron chi connectivity index (χ4n) is 2.96. The standard InChI is InChI=1S/C23H24N4O6S/c1-26-21(29)19(22(30)27(2)23(26)31)20(25-15-7-11-17(33-4)12-8-15)34-13-18(28)24-14-5-9-16(32-3)10-6-14/h5-12,29H,13H2,1-4H3,(H,24,28). The maximum absolute atomic E-state index is 12.9. The highest BCUT2D eigenvalue weighted by Gasteiger charge is 2.22. The van der Waals surface area contributed by atoms with Crippen molar-refractivity contribution in [3.05, 3.63) is 74.9 Å². The number of carbonyl (C=O) groups excluding carboxylic acids is 1. The molecule has 2 N–H and O–H groups in total. The summed E-state index contributed by atoms with van der Waals surface area (Å²) in [7, 11) is 5.73. The van der Waals surface area contributed by atoms with Crippen LogP contribution < -0.4 is 26.0 Å². The van der Waals surface area contributed by atoms with E-state index in [2.05, 4.69) is 10.3 Å². The van der Waals surface area contributed by atoms with Gasteiger partial charge in [-0.25, -0.2) is 9.79 Å². The molecule has 0 saturated heterocycles. The summed E-state index contributed by atoms with van der Waals surface area (Å²) in [5.74, 6) is 0.282. The normalized spacial score (nSPS) is 11.2. The highest BCUT2D eigenvalue weighted by atomic mass is 32.2. The second-order valence-corrected chi connectivity index (χ2v) is 8.05. The second-order valence-electron chi connectivity index (χ2n) is 7.08. The molecule has 0 aliphatic rings. The van der Waals surface area contributed by atoms with Gasteiger partial charge >= 0.3 is 5.69 Å². The third kappa shape index (κ3) is 5.49. The van der Waals surface area contributed by atoms with E-state index in [4.69, 9.17) is 9.47 Å². The number of hydrogen-bond acceptors (Lipinski definition) is 8. The molecular weight excluding hydrogens is 460 g/mol. The van der Waals surface area contributed by atoms with Crippen molar-refractivity contribution >= 4 is 34.1 Å². The molecule has 1 amide bonds. The molecule has 11 heteroatoms. The molecule has 3 rings (SSSR count). The summed E-state index contributed by atoms with van der Waals surface area (Å²) < 4.78 is 12.1. The van der Waals surface area contributed by atoms with Gasteiger partial charge in [0.2, 0.25) is 11.8 Å². The third-order valence-corrected chi connectivity index (χ3v) is 5.84. The number of aromatic nitrogens is 2. The molecule has 10 nitrogen and oxygen atoms in total. The second kappa shape index (κ2) is 10.8. The lowest BCUT2D eigenvalue weighted by atomic mass is 10.3. The van der Waals surface area contributed by atoms with Crippen molar-refractivity contribution in [1.82, 2.24) is 9.13 Å². The number of nitrogens with one attached hydrogen (secondary N) is 1. The van der Waals surface area contributed by atoms with Gasteiger partial charge in [0, 0.05) is 19.8 Å². The largest absolute Gasteiger partial charge is 0.497 e. The first-order valence-electron chi connectivity index (χ1n) is 10.0. The Bertz CT molecular complexity index is 1330. The van der Waals surface area contributed by atoms with Crippen LogP contribution in [0.25, 0.3) is 0 Å². The van der Waals surface area contributed by atoms with E-state index in [1.807, 2.05) is 0 Å². The van der Waals surface area contributed by atoms with E-state index in [0.29, 0.717) is 22.9 Å². The summed E-state index contributed by atoms with van der Waals surface area (Å²) in [5.41, 5.74) is -0.550. The Morgan fingerprint density at radius 3 is 2.09 bits per heavy atom. The van der Waals surface area contributed by atoms with Crippen molar-refractivity contribution in [3.63, 3.8) is 0 Å². The lowest BCUT2D eigenvalue weighted by molar-refractivity contribution is -0.113. The van der Waals surface area contributed by atoms with Crippen molar-refractivity contribution in [2.24, 2.45) is 19.1 Å². The van der Waals surface area contributed by atoms with Crippen LogP contribution in [0.5, 0.6) is 17.4 Å². The lowest BCUT2D eigenvalue weighted by Crippen LogP contribution is -2.39. The zero-order chi connectivity index (χ0) is 24.8. The van der Waals surface area contributed by atoms with E-state index < -0.39 is 17.1 Å². The molecule has 0 fully saturated rings. The zero-order valence-corrected chi connectivity index (χ0v) is 19.9. The number of nitrogens with zero attached hydrogens (tertiary/aromatic N) is 3. The Labute approximate surface area is 199 Å². The fourth-order valence-corrected chi connectivity index (χ4v) is 3.79. The minimum Gasteiger partial charge on any atom is -0.497 e. The van der Waals surface area contributed by atoms with Crippen LogP contribution >= 0.6 is 11.8 Å². The summed E-state index contributed by atoms with van der Waals surface area (Å²) in [5, 5.41) is 13.4. The summed E-state index contributed by atoms with van der Waals surface area (Å²) in [6.45, 7) is 0. The molecule has 3 aromatic rings. The van der Waals surface area contributed by atoms with Crippen LogP contribution in [0.3, 0.4) is 0 Å². The van der Waals surface area contributed by atoms with Gasteiger partial charge in [0.25, 0.3) is 5.56 Å². The molecule has 0 spiro atoms. The number of hydrogen-bond donors (Lipinski definition) is 2. The van der Waals surface area contributed by atoms with Crippen LogP contribution in [-0.4, -0.2) is 45.2 Å². The Morgan fingerprint density at radius 1 is 0.971 bits per heavy atom. The van der Waals surface area contributed by atoms with Crippen molar-refractivity contribution in [1.29, 1.82) is 0 Å². The van der Waals surface area contributed by atoms with Crippen LogP contribution in [0.4, 0.5) is 11.4 Å². The van der Waals surface area contributed by atoms with Crippen LogP contribution in [0.15, 0.2) is 63.1 Å². The van der Waals surface area contributed by atoms with E-state index in [9.17, 15) is 19.5 Å². The smallest absolute Gasteiger partial charge is 0.333 e. The minimum atomic E-state index is -0.726. The number of thioether (sulfide) groups is 1. The first-order chi connectivity index (χ1) is 16.2. The monoisotopic (exact) mass is 484 g/mol. The highest BCUT2D eigenvalue weighted by Crippen LogP contribution is 2.25. The molecule has 0 bridgehead atoms. The molecule has 2 aromatic carbocycles. The van der Waals surface area contributed by atoms with Gasteiger partial charge in [-0.3, -0.25) is 18.7 Å². The quantitative estimate of drug-likeness (QED) is 0.389. The molecule has 178 valence electrons. The minimum absolute atomic E-state index is 0.0868. The number of benzene rings is 2. The van der Waals surface area contributed by atoms with Crippen LogP contribution in [0.1, 0.15) is 5.56 Å². The Morgan fingerprint density at radius 2 is 1.53 bits per heavy atom. The summed E-state index contributed by atoms with van der Waals surface area (Å²) >= 11 is 0.959. The molecule has 1 heterocycles. The number of carbonyl (C=O) groups is 1. The average molecular weight is 485 g/mol. The van der Waals surface area contributed by atoms with Crippen molar-refractivity contribution in [2.45, 2.75) is 0 Å². The number of aliphatic imine (C=N–C) groups is 1. The molecule has 0 saturated carbocycles. The Hall–Kier alpha value is -3.99. The number of aromatic hydroxyl groups is 1. The SMILES string of the molecule is COc1ccc(N=C(SCC(=O)Nc2ccc(OC)cc2)c2c(O)n(C)c(=O)n(C)c2=O)cc1. The number of amides is 1. The van der Waals surface area contributed by atoms with E-state index in [-0.39, 0.29) is 22.3 Å². The van der Waals surface area contributed by atoms with E-state index in [1.54, 1.807) is 55.6 Å². The van der Waals surface area contributed by atoms with Gasteiger partial charge in [0.1, 0.15) is 22.1 Å². The fraction of sp³-hybridized carbons (Fsp3) is 0.217. The van der Waals surface area contributed by atoms with Crippen LogP contribution in [0.2, 0.25) is 0 Å². The number of ether oxygens (including phenoxy) is 2. The summed E-state index contributed by atoms with van der Waals surface area (Å²) in [4.78, 5) is 42.1. The van der Waals surface area contributed by atoms with Crippen molar-refractivity contribution in [2.75, 3.05) is 25.3 Å². The van der Waals surface area contributed by atoms with Gasteiger partial charge in [-0.05, 0) is 48.5 Å². The molecule has 1 aromatic heterocycles. The molecule has 0 atom stereocenters. The highest BCUT2D eigenvalue weighted by molar-refractivity contribution is 8.15. The van der Waals surface area contributed by atoms with Gasteiger partial charge in [0.15, 0.2) is 0 Å². The van der Waals surface area contributed by atoms with Crippen molar-refractivity contribution in [3.8, 4) is 17.4 Å². The maximum Gasteiger partial charge on any atom is 0.333 e. The summed E-state index contributed by atoms with van der Waals surface area (Å²) in [6.07, 6.45) is 0. The van der Waals surface area contributed by atoms with Gasteiger partial charge < -0.3 is 19.9 Å². The van der Waals surface area contributed by atoms with Crippen LogP contribution in [0, 0.1) is 0 Å². The average Bonchev–Trinajstić information content (AvgIpc) is 2.85.